The lowest BCUT2D eigenvalue weighted by Crippen LogP contribution is -2.05. The van der Waals surface area contributed by atoms with Crippen molar-refractivity contribution in [1.82, 2.24) is 0 Å². The standard InChI is InChI=1S/C20H40O2.C18H36O2/c1-3-5-7-9-11-12-13-14-16-18-20(21)22-19-17-15-10-8-6-4-2;1-3-5-7-9-10-11-12-13-14-16-18(19)20-17-15-8-6-4-2/h3-19H2,1-2H3;3-17H2,1-2H3. The van der Waals surface area contributed by atoms with Crippen LogP contribution in [0.4, 0.5) is 0 Å². The van der Waals surface area contributed by atoms with Gasteiger partial charge in [0.25, 0.3) is 0 Å². The lowest BCUT2D eigenvalue weighted by Gasteiger charge is -2.05. The fraction of sp³-hybridized carbons (Fsp3) is 0.947. The van der Waals surface area contributed by atoms with Gasteiger partial charge in [0.15, 0.2) is 0 Å². The van der Waals surface area contributed by atoms with E-state index in [4.69, 9.17) is 9.47 Å². The van der Waals surface area contributed by atoms with Crippen LogP contribution in [0.1, 0.15) is 220 Å². The van der Waals surface area contributed by atoms with Crippen LogP contribution in [-0.4, -0.2) is 25.2 Å². The zero-order valence-electron chi connectivity index (χ0n) is 29.3. The lowest BCUT2D eigenvalue weighted by atomic mass is 10.1. The van der Waals surface area contributed by atoms with Crippen molar-refractivity contribution in [3.63, 3.8) is 0 Å². The van der Waals surface area contributed by atoms with Gasteiger partial charge >= 0.3 is 11.9 Å². The number of carbonyl (C=O) groups is 2. The van der Waals surface area contributed by atoms with Crippen molar-refractivity contribution in [3.8, 4) is 0 Å². The van der Waals surface area contributed by atoms with Gasteiger partial charge in [0.2, 0.25) is 0 Å². The first kappa shape index (κ1) is 43.1. The molecule has 0 aliphatic rings. The van der Waals surface area contributed by atoms with Crippen molar-refractivity contribution in [3.05, 3.63) is 0 Å². The summed E-state index contributed by atoms with van der Waals surface area (Å²) in [5.41, 5.74) is 0. The predicted molar refractivity (Wildman–Crippen MR) is 183 cm³/mol. The topological polar surface area (TPSA) is 52.6 Å². The number of esters is 2. The number of rotatable bonds is 32. The van der Waals surface area contributed by atoms with Gasteiger partial charge in [-0.25, -0.2) is 0 Å². The highest BCUT2D eigenvalue weighted by atomic mass is 16.5. The third-order valence-corrected chi connectivity index (χ3v) is 7.99. The normalized spacial score (nSPS) is 10.8. The Bertz CT molecular complexity index is 519. The fourth-order valence-corrected chi connectivity index (χ4v) is 5.09. The Morgan fingerprint density at radius 3 is 0.810 bits per heavy atom. The minimum absolute atomic E-state index is 0.00412. The first-order chi connectivity index (χ1) is 20.6. The van der Waals surface area contributed by atoms with Gasteiger partial charge in [-0.2, -0.15) is 0 Å². The Kier molecular flexibility index (Phi) is 41.0. The maximum Gasteiger partial charge on any atom is 0.305 e. The summed E-state index contributed by atoms with van der Waals surface area (Å²) in [5, 5.41) is 0. The third kappa shape index (κ3) is 41.1. The van der Waals surface area contributed by atoms with Crippen molar-refractivity contribution in [2.75, 3.05) is 13.2 Å². The molecule has 0 aromatic rings. The number of hydrogen-bond acceptors (Lipinski definition) is 4. The van der Waals surface area contributed by atoms with E-state index in [1.807, 2.05) is 0 Å². The summed E-state index contributed by atoms with van der Waals surface area (Å²) in [7, 11) is 0. The smallest absolute Gasteiger partial charge is 0.305 e. The van der Waals surface area contributed by atoms with Gasteiger partial charge in [0.1, 0.15) is 0 Å². The Balaban J connectivity index is 0. The van der Waals surface area contributed by atoms with E-state index < -0.39 is 0 Å². The molecule has 0 atom stereocenters. The molecule has 0 fully saturated rings. The van der Waals surface area contributed by atoms with Crippen molar-refractivity contribution in [1.29, 1.82) is 0 Å². The summed E-state index contributed by atoms with van der Waals surface area (Å²) in [4.78, 5) is 23.0. The summed E-state index contributed by atoms with van der Waals surface area (Å²) in [6.45, 7) is 10.2. The Morgan fingerprint density at radius 2 is 0.524 bits per heavy atom. The van der Waals surface area contributed by atoms with Crippen LogP contribution in [0.5, 0.6) is 0 Å². The molecule has 42 heavy (non-hydrogen) atoms. The number of unbranched alkanes of at least 4 members (excludes halogenated alkanes) is 24. The molecule has 0 aliphatic heterocycles. The van der Waals surface area contributed by atoms with E-state index in [2.05, 4.69) is 27.7 Å². The van der Waals surface area contributed by atoms with Crippen molar-refractivity contribution in [2.24, 2.45) is 0 Å². The van der Waals surface area contributed by atoms with Crippen LogP contribution in [0.2, 0.25) is 0 Å². The first-order valence-corrected chi connectivity index (χ1v) is 18.9. The van der Waals surface area contributed by atoms with Crippen molar-refractivity contribution >= 4 is 11.9 Å². The summed E-state index contributed by atoms with van der Waals surface area (Å²) < 4.78 is 10.5. The average Bonchev–Trinajstić information content (AvgIpc) is 2.99. The Morgan fingerprint density at radius 1 is 0.310 bits per heavy atom. The third-order valence-electron chi connectivity index (χ3n) is 7.99. The van der Waals surface area contributed by atoms with Crippen molar-refractivity contribution in [2.45, 2.75) is 220 Å². The molecule has 0 unspecified atom stereocenters. The van der Waals surface area contributed by atoms with Crippen LogP contribution in [0.15, 0.2) is 0 Å². The lowest BCUT2D eigenvalue weighted by molar-refractivity contribution is -0.144. The maximum atomic E-state index is 11.6. The van der Waals surface area contributed by atoms with Gasteiger partial charge in [-0.15, -0.1) is 0 Å². The first-order valence-electron chi connectivity index (χ1n) is 18.9. The molecular weight excluding hydrogens is 520 g/mol. The molecule has 4 nitrogen and oxygen atoms in total. The van der Waals surface area contributed by atoms with Gasteiger partial charge < -0.3 is 9.47 Å². The van der Waals surface area contributed by atoms with Gasteiger partial charge in [0, 0.05) is 12.8 Å². The quantitative estimate of drug-likeness (QED) is 0.0572. The second-order valence-corrected chi connectivity index (χ2v) is 12.4. The highest BCUT2D eigenvalue weighted by Gasteiger charge is 2.03. The molecule has 0 amide bonds. The Labute approximate surface area is 264 Å². The summed E-state index contributed by atoms with van der Waals surface area (Å²) in [5.74, 6) is 0.0148. The van der Waals surface area contributed by atoms with Gasteiger partial charge in [-0.3, -0.25) is 9.59 Å². The van der Waals surface area contributed by atoms with Crippen LogP contribution in [-0.2, 0) is 19.1 Å². The highest BCUT2D eigenvalue weighted by Crippen LogP contribution is 2.12. The van der Waals surface area contributed by atoms with Gasteiger partial charge in [-0.05, 0) is 25.7 Å². The molecule has 0 aliphatic carbocycles. The van der Waals surface area contributed by atoms with Crippen LogP contribution < -0.4 is 0 Å². The van der Waals surface area contributed by atoms with Crippen LogP contribution >= 0.6 is 0 Å². The molecule has 0 aromatic carbocycles. The summed E-state index contributed by atoms with van der Waals surface area (Å²) in [6.07, 6.45) is 36.6. The molecule has 4 heteroatoms. The summed E-state index contributed by atoms with van der Waals surface area (Å²) >= 11 is 0. The molecule has 0 aromatic heterocycles. The van der Waals surface area contributed by atoms with Gasteiger partial charge in [-0.1, -0.05) is 182 Å². The van der Waals surface area contributed by atoms with Crippen LogP contribution in [0, 0.1) is 0 Å². The number of carbonyl (C=O) groups excluding carboxylic acids is 2. The second-order valence-electron chi connectivity index (χ2n) is 12.4. The maximum absolute atomic E-state index is 11.6. The largest absolute Gasteiger partial charge is 0.466 e. The molecule has 0 rings (SSSR count). The highest BCUT2D eigenvalue weighted by molar-refractivity contribution is 5.69. The molecule has 0 saturated heterocycles. The molecule has 0 N–H and O–H groups in total. The minimum Gasteiger partial charge on any atom is -0.466 e. The van der Waals surface area contributed by atoms with Crippen LogP contribution in [0.3, 0.4) is 0 Å². The minimum atomic E-state index is 0.00412. The van der Waals surface area contributed by atoms with E-state index in [1.165, 1.54) is 154 Å². The average molecular weight is 597 g/mol. The molecule has 0 radical (unpaired) electrons. The van der Waals surface area contributed by atoms with E-state index in [-0.39, 0.29) is 11.9 Å². The number of hydrogen-bond donors (Lipinski definition) is 0. The molecule has 0 heterocycles. The fourth-order valence-electron chi connectivity index (χ4n) is 5.09. The van der Waals surface area contributed by atoms with E-state index in [0.29, 0.717) is 26.1 Å². The monoisotopic (exact) mass is 597 g/mol. The van der Waals surface area contributed by atoms with E-state index in [0.717, 1.165) is 25.7 Å². The van der Waals surface area contributed by atoms with E-state index in [1.54, 1.807) is 0 Å². The molecule has 0 bridgehead atoms. The van der Waals surface area contributed by atoms with Gasteiger partial charge in [0.05, 0.1) is 13.2 Å². The summed E-state index contributed by atoms with van der Waals surface area (Å²) in [6, 6.07) is 0. The zero-order valence-corrected chi connectivity index (χ0v) is 29.3. The predicted octanol–water partition coefficient (Wildman–Crippen LogP) is 12.8. The Hall–Kier alpha value is -1.06. The molecule has 0 saturated carbocycles. The molecular formula is C38H76O4. The van der Waals surface area contributed by atoms with Crippen LogP contribution in [0.25, 0.3) is 0 Å². The molecule has 252 valence electrons. The van der Waals surface area contributed by atoms with E-state index >= 15 is 0 Å². The van der Waals surface area contributed by atoms with E-state index in [9.17, 15) is 9.59 Å². The second kappa shape index (κ2) is 39.9. The van der Waals surface area contributed by atoms with Crippen molar-refractivity contribution < 1.29 is 19.1 Å². The molecule has 0 spiro atoms. The SMILES string of the molecule is CCCCCCCCCCCC(=O)OCCCCCC.CCCCCCCCCCCC(=O)OCCCCCCCC. The zero-order chi connectivity index (χ0) is 31.2. The number of ether oxygens (including phenoxy) is 2.